The molecular formula is C12H26N2O2. The Balaban J connectivity index is 4.07. The van der Waals surface area contributed by atoms with Crippen LogP contribution in [0.5, 0.6) is 0 Å². The Labute approximate surface area is 99.0 Å². The molecule has 4 nitrogen and oxygen atoms in total. The van der Waals surface area contributed by atoms with E-state index < -0.39 is 12.0 Å². The zero-order chi connectivity index (χ0) is 12.6. The van der Waals surface area contributed by atoms with Crippen molar-refractivity contribution in [2.24, 2.45) is 0 Å². The molecule has 0 aliphatic rings. The zero-order valence-corrected chi connectivity index (χ0v) is 11.0. The molecule has 0 aliphatic heterocycles. The van der Waals surface area contributed by atoms with E-state index >= 15 is 0 Å². The molecule has 2 N–H and O–H groups in total. The molecule has 0 heterocycles. The Morgan fingerprint density at radius 2 is 1.88 bits per heavy atom. The van der Waals surface area contributed by atoms with E-state index in [1.807, 2.05) is 13.8 Å². The van der Waals surface area contributed by atoms with Crippen LogP contribution in [0.2, 0.25) is 0 Å². The number of aliphatic carboxylic acids is 1. The molecule has 0 bridgehead atoms. The third kappa shape index (κ3) is 6.08. The number of hydrogen-bond donors (Lipinski definition) is 2. The van der Waals surface area contributed by atoms with E-state index in [0.717, 1.165) is 26.1 Å². The highest BCUT2D eigenvalue weighted by Gasteiger charge is 2.18. The van der Waals surface area contributed by atoms with E-state index in [1.165, 1.54) is 0 Å². The van der Waals surface area contributed by atoms with E-state index in [9.17, 15) is 4.79 Å². The van der Waals surface area contributed by atoms with E-state index in [4.69, 9.17) is 5.11 Å². The Morgan fingerprint density at radius 3 is 2.25 bits per heavy atom. The van der Waals surface area contributed by atoms with Crippen LogP contribution < -0.4 is 5.32 Å². The van der Waals surface area contributed by atoms with Gasteiger partial charge < -0.3 is 15.3 Å². The number of nitrogens with zero attached hydrogens (tertiary/aromatic N) is 1. The SMILES string of the molecule is CCCC(NC(C)CN(CC)CC)C(=O)O. The van der Waals surface area contributed by atoms with Gasteiger partial charge in [-0.25, -0.2) is 0 Å². The minimum atomic E-state index is -0.742. The molecule has 0 saturated carbocycles. The van der Waals surface area contributed by atoms with Gasteiger partial charge in [0.05, 0.1) is 0 Å². The summed E-state index contributed by atoms with van der Waals surface area (Å²) in [6, 6.07) is -0.192. The summed E-state index contributed by atoms with van der Waals surface area (Å²) in [4.78, 5) is 13.3. The first-order chi connectivity index (χ1) is 7.54. The maximum Gasteiger partial charge on any atom is 0.320 e. The number of carboxylic acids is 1. The second-order valence-corrected chi connectivity index (χ2v) is 4.23. The molecule has 96 valence electrons. The molecule has 4 heteroatoms. The van der Waals surface area contributed by atoms with E-state index in [1.54, 1.807) is 0 Å². The Bertz CT molecular complexity index is 193. The topological polar surface area (TPSA) is 52.6 Å². The lowest BCUT2D eigenvalue weighted by molar-refractivity contribution is -0.139. The van der Waals surface area contributed by atoms with Crippen molar-refractivity contribution in [2.45, 2.75) is 52.6 Å². The van der Waals surface area contributed by atoms with Crippen molar-refractivity contribution in [1.29, 1.82) is 0 Å². The van der Waals surface area contributed by atoms with Crippen molar-refractivity contribution in [1.82, 2.24) is 10.2 Å². The quantitative estimate of drug-likeness (QED) is 0.631. The molecule has 0 aliphatic carbocycles. The zero-order valence-electron chi connectivity index (χ0n) is 11.0. The Hall–Kier alpha value is -0.610. The Kier molecular flexibility index (Phi) is 8.21. The highest BCUT2D eigenvalue weighted by Crippen LogP contribution is 2.00. The van der Waals surface area contributed by atoms with Crippen molar-refractivity contribution in [3.63, 3.8) is 0 Å². The first kappa shape index (κ1) is 15.4. The van der Waals surface area contributed by atoms with Crippen molar-refractivity contribution >= 4 is 5.97 Å². The maximum atomic E-state index is 11.0. The number of rotatable bonds is 9. The van der Waals surface area contributed by atoms with Crippen LogP contribution in [0.3, 0.4) is 0 Å². The number of nitrogens with one attached hydrogen (secondary N) is 1. The smallest absolute Gasteiger partial charge is 0.320 e. The van der Waals surface area contributed by atoms with Crippen molar-refractivity contribution < 1.29 is 9.90 Å². The van der Waals surface area contributed by atoms with E-state index in [0.29, 0.717) is 6.42 Å². The minimum Gasteiger partial charge on any atom is -0.480 e. The first-order valence-corrected chi connectivity index (χ1v) is 6.26. The molecule has 2 unspecified atom stereocenters. The molecular weight excluding hydrogens is 204 g/mol. The van der Waals surface area contributed by atoms with Crippen molar-refractivity contribution in [3.8, 4) is 0 Å². The first-order valence-electron chi connectivity index (χ1n) is 6.26. The fraction of sp³-hybridized carbons (Fsp3) is 0.917. The predicted molar refractivity (Wildman–Crippen MR) is 66.7 cm³/mol. The second-order valence-electron chi connectivity index (χ2n) is 4.23. The number of carboxylic acid groups (broad SMARTS) is 1. The summed E-state index contributed by atoms with van der Waals surface area (Å²) >= 11 is 0. The van der Waals surface area contributed by atoms with E-state index in [-0.39, 0.29) is 6.04 Å². The van der Waals surface area contributed by atoms with Crippen LogP contribution in [-0.2, 0) is 4.79 Å². The van der Waals surface area contributed by atoms with Crippen LogP contribution in [0.4, 0.5) is 0 Å². The second kappa shape index (κ2) is 8.53. The molecule has 0 amide bonds. The number of carbonyl (C=O) groups is 1. The third-order valence-electron chi connectivity index (χ3n) is 2.79. The monoisotopic (exact) mass is 230 g/mol. The lowest BCUT2D eigenvalue weighted by Gasteiger charge is -2.26. The molecule has 0 radical (unpaired) electrons. The molecule has 16 heavy (non-hydrogen) atoms. The highest BCUT2D eigenvalue weighted by atomic mass is 16.4. The lowest BCUT2D eigenvalue weighted by Crippen LogP contribution is -2.47. The largest absolute Gasteiger partial charge is 0.480 e. The van der Waals surface area contributed by atoms with Crippen LogP contribution in [0, 0.1) is 0 Å². The van der Waals surface area contributed by atoms with Gasteiger partial charge in [-0.05, 0) is 26.4 Å². The van der Waals surface area contributed by atoms with Gasteiger partial charge >= 0.3 is 5.97 Å². The van der Waals surface area contributed by atoms with Gasteiger partial charge in [-0.1, -0.05) is 27.2 Å². The molecule has 0 spiro atoms. The highest BCUT2D eigenvalue weighted by molar-refractivity contribution is 5.73. The number of likely N-dealkylation sites (N-methyl/N-ethyl adjacent to an activating group) is 1. The predicted octanol–water partition coefficient (Wildman–Crippen LogP) is 1.56. The van der Waals surface area contributed by atoms with Gasteiger partial charge in [0.2, 0.25) is 0 Å². The lowest BCUT2D eigenvalue weighted by atomic mass is 10.1. The number of hydrogen-bond acceptors (Lipinski definition) is 3. The van der Waals surface area contributed by atoms with Crippen LogP contribution in [0.15, 0.2) is 0 Å². The van der Waals surface area contributed by atoms with Gasteiger partial charge in [0, 0.05) is 12.6 Å². The van der Waals surface area contributed by atoms with Gasteiger partial charge in [-0.3, -0.25) is 4.79 Å². The minimum absolute atomic E-state index is 0.215. The summed E-state index contributed by atoms with van der Waals surface area (Å²) < 4.78 is 0. The molecule has 0 rings (SSSR count). The fourth-order valence-corrected chi connectivity index (χ4v) is 1.83. The van der Waals surface area contributed by atoms with Crippen LogP contribution in [0.1, 0.15) is 40.5 Å². The third-order valence-corrected chi connectivity index (χ3v) is 2.79. The average Bonchev–Trinajstić information content (AvgIpc) is 2.25. The Morgan fingerprint density at radius 1 is 1.31 bits per heavy atom. The van der Waals surface area contributed by atoms with Crippen LogP contribution in [0.25, 0.3) is 0 Å². The summed E-state index contributed by atoms with van der Waals surface area (Å²) in [7, 11) is 0. The summed E-state index contributed by atoms with van der Waals surface area (Å²) in [6.07, 6.45) is 1.58. The summed E-state index contributed by atoms with van der Waals surface area (Å²) in [5.41, 5.74) is 0. The van der Waals surface area contributed by atoms with Gasteiger partial charge in [-0.2, -0.15) is 0 Å². The molecule has 0 aromatic heterocycles. The summed E-state index contributed by atoms with van der Waals surface area (Å²) in [6.45, 7) is 11.2. The van der Waals surface area contributed by atoms with Crippen molar-refractivity contribution in [3.05, 3.63) is 0 Å². The van der Waals surface area contributed by atoms with Gasteiger partial charge in [0.25, 0.3) is 0 Å². The average molecular weight is 230 g/mol. The molecule has 0 aromatic carbocycles. The summed E-state index contributed by atoms with van der Waals surface area (Å²) in [5, 5.41) is 12.2. The molecule has 2 atom stereocenters. The van der Waals surface area contributed by atoms with Crippen molar-refractivity contribution in [2.75, 3.05) is 19.6 Å². The molecule has 0 saturated heterocycles. The fourth-order valence-electron chi connectivity index (χ4n) is 1.83. The normalized spacial score (nSPS) is 15.1. The van der Waals surface area contributed by atoms with Crippen LogP contribution in [-0.4, -0.2) is 47.7 Å². The van der Waals surface area contributed by atoms with Gasteiger partial charge in [0.15, 0.2) is 0 Å². The maximum absolute atomic E-state index is 11.0. The van der Waals surface area contributed by atoms with Gasteiger partial charge in [0.1, 0.15) is 6.04 Å². The molecule has 0 fully saturated rings. The van der Waals surface area contributed by atoms with E-state index in [2.05, 4.69) is 24.1 Å². The standard InChI is InChI=1S/C12H26N2O2/c1-5-8-11(12(15)16)13-10(4)9-14(6-2)7-3/h10-11,13H,5-9H2,1-4H3,(H,15,16). The summed E-state index contributed by atoms with van der Waals surface area (Å²) in [5.74, 6) is -0.742. The molecule has 0 aromatic rings. The van der Waals surface area contributed by atoms with Crippen LogP contribution >= 0.6 is 0 Å². The van der Waals surface area contributed by atoms with Gasteiger partial charge in [-0.15, -0.1) is 0 Å².